The maximum Gasteiger partial charge on any atom is 0.184 e. The molecule has 3 nitrogen and oxygen atoms in total. The summed E-state index contributed by atoms with van der Waals surface area (Å²) in [5.74, 6) is 0.0548. The molecule has 0 N–H and O–H groups in total. The van der Waals surface area contributed by atoms with Gasteiger partial charge >= 0.3 is 0 Å². The highest BCUT2D eigenvalue weighted by atomic mass is 35.5. The second-order valence-electron chi connectivity index (χ2n) is 4.75. The Bertz CT molecular complexity index is 801. The highest BCUT2D eigenvalue weighted by molar-refractivity contribution is 6.38. The summed E-state index contributed by atoms with van der Waals surface area (Å²) in [6.07, 6.45) is 5.52. The van der Waals surface area contributed by atoms with Crippen molar-refractivity contribution in [1.29, 1.82) is 0 Å². The van der Waals surface area contributed by atoms with Crippen LogP contribution in [0, 0.1) is 0 Å². The first-order chi connectivity index (χ1) is 9.54. The second-order valence-corrected chi connectivity index (χ2v) is 5.60. The van der Waals surface area contributed by atoms with Crippen molar-refractivity contribution in [2.45, 2.75) is 6.54 Å². The lowest BCUT2D eigenvalue weighted by Gasteiger charge is -2.05. The third-order valence-corrected chi connectivity index (χ3v) is 3.80. The Morgan fingerprint density at radius 2 is 2.00 bits per heavy atom. The van der Waals surface area contributed by atoms with Gasteiger partial charge in [-0.05, 0) is 24.3 Å². The molecule has 0 bridgehead atoms. The summed E-state index contributed by atoms with van der Waals surface area (Å²) in [5.41, 5.74) is 1.56. The van der Waals surface area contributed by atoms with Gasteiger partial charge in [-0.25, -0.2) is 0 Å². The summed E-state index contributed by atoms with van der Waals surface area (Å²) >= 11 is 12.2. The maximum absolute atomic E-state index is 12.2. The van der Waals surface area contributed by atoms with Gasteiger partial charge in [0.25, 0.3) is 0 Å². The van der Waals surface area contributed by atoms with Crippen LogP contribution in [0.15, 0.2) is 42.9 Å². The normalized spacial score (nSPS) is 11.2. The molecular formula is C15H12Cl2N2O. The fraction of sp³-hybridized carbons (Fsp3) is 0.133. The first kappa shape index (κ1) is 13.3. The lowest BCUT2D eigenvalue weighted by Crippen LogP contribution is -2.08. The number of rotatable bonds is 3. The van der Waals surface area contributed by atoms with E-state index in [0.717, 1.165) is 10.9 Å². The molecule has 0 radical (unpaired) electrons. The number of carbonyl (C=O) groups excluding carboxylic acids is 1. The van der Waals surface area contributed by atoms with E-state index in [4.69, 9.17) is 23.2 Å². The lowest BCUT2D eigenvalue weighted by molar-refractivity contribution is 0.0973. The van der Waals surface area contributed by atoms with E-state index < -0.39 is 0 Å². The van der Waals surface area contributed by atoms with E-state index in [0.29, 0.717) is 15.6 Å². The molecule has 20 heavy (non-hydrogen) atoms. The van der Waals surface area contributed by atoms with Crippen LogP contribution >= 0.6 is 23.2 Å². The first-order valence-electron chi connectivity index (χ1n) is 6.13. The lowest BCUT2D eigenvalue weighted by atomic mass is 10.2. The molecule has 2 heterocycles. The number of aryl methyl sites for hydroxylation is 1. The number of ketones is 1. The van der Waals surface area contributed by atoms with E-state index in [-0.39, 0.29) is 12.3 Å². The zero-order chi connectivity index (χ0) is 14.3. The summed E-state index contributed by atoms with van der Waals surface area (Å²) in [4.78, 5) is 12.2. The Morgan fingerprint density at radius 3 is 2.70 bits per heavy atom. The molecule has 0 amide bonds. The van der Waals surface area contributed by atoms with Crippen LogP contribution in [0.1, 0.15) is 10.4 Å². The Balaban J connectivity index is 1.97. The van der Waals surface area contributed by atoms with Crippen LogP contribution in [-0.2, 0) is 13.6 Å². The molecule has 102 valence electrons. The molecule has 0 fully saturated rings. The Labute approximate surface area is 126 Å². The summed E-state index contributed by atoms with van der Waals surface area (Å²) < 4.78 is 3.72. The van der Waals surface area contributed by atoms with Crippen LogP contribution < -0.4 is 0 Å². The molecule has 0 unspecified atom stereocenters. The second kappa shape index (κ2) is 5.00. The maximum atomic E-state index is 12.2. The van der Waals surface area contributed by atoms with Crippen LogP contribution in [0.5, 0.6) is 0 Å². The number of Topliss-reactive ketones (excluding diaryl/α,β-unsaturated/α-hetero) is 1. The average Bonchev–Trinajstić information content (AvgIpc) is 2.97. The number of aromatic nitrogens is 2. The van der Waals surface area contributed by atoms with Gasteiger partial charge in [-0.3, -0.25) is 4.79 Å². The quantitative estimate of drug-likeness (QED) is 0.667. The number of carbonyl (C=O) groups is 1. The molecule has 0 saturated carbocycles. The van der Waals surface area contributed by atoms with E-state index in [2.05, 4.69) is 0 Å². The van der Waals surface area contributed by atoms with Crippen LogP contribution in [0.3, 0.4) is 0 Å². The molecule has 0 aliphatic carbocycles. The van der Waals surface area contributed by atoms with Crippen molar-refractivity contribution < 1.29 is 4.79 Å². The number of hydrogen-bond donors (Lipinski definition) is 0. The third-order valence-electron chi connectivity index (χ3n) is 3.27. The first-order valence-corrected chi connectivity index (χ1v) is 6.89. The molecule has 3 aromatic rings. The van der Waals surface area contributed by atoms with Crippen molar-refractivity contribution in [3.63, 3.8) is 0 Å². The van der Waals surface area contributed by atoms with Crippen molar-refractivity contribution in [3.05, 3.63) is 58.5 Å². The standard InChI is InChI=1S/C15H12Cl2N2O/c1-18-4-2-10(8-18)15(20)9-19-5-3-12-13(17)6-11(16)7-14(12)19/h2-8H,9H2,1H3. The summed E-state index contributed by atoms with van der Waals surface area (Å²) in [7, 11) is 1.89. The van der Waals surface area contributed by atoms with Crippen molar-refractivity contribution in [3.8, 4) is 0 Å². The minimum absolute atomic E-state index is 0.0548. The van der Waals surface area contributed by atoms with Crippen molar-refractivity contribution >= 4 is 39.9 Å². The molecule has 0 aliphatic heterocycles. The van der Waals surface area contributed by atoms with E-state index in [1.54, 1.807) is 6.07 Å². The van der Waals surface area contributed by atoms with Crippen LogP contribution in [0.25, 0.3) is 10.9 Å². The number of fused-ring (bicyclic) bond motifs is 1. The van der Waals surface area contributed by atoms with Crippen LogP contribution in [0.2, 0.25) is 10.0 Å². The predicted molar refractivity (Wildman–Crippen MR) is 81.7 cm³/mol. The van der Waals surface area contributed by atoms with Crippen molar-refractivity contribution in [2.75, 3.05) is 0 Å². The monoisotopic (exact) mass is 306 g/mol. The van der Waals surface area contributed by atoms with Gasteiger partial charge in [0.2, 0.25) is 0 Å². The number of nitrogens with zero attached hydrogens (tertiary/aromatic N) is 2. The van der Waals surface area contributed by atoms with Gasteiger partial charge in [-0.2, -0.15) is 0 Å². The number of halogens is 2. The van der Waals surface area contributed by atoms with Gasteiger partial charge in [0.05, 0.1) is 17.1 Å². The van der Waals surface area contributed by atoms with E-state index in [1.165, 1.54) is 0 Å². The van der Waals surface area contributed by atoms with Gasteiger partial charge in [0, 0.05) is 41.6 Å². The predicted octanol–water partition coefficient (Wildman–Crippen LogP) is 4.17. The Morgan fingerprint density at radius 1 is 1.20 bits per heavy atom. The molecule has 3 rings (SSSR count). The van der Waals surface area contributed by atoms with Crippen LogP contribution in [0.4, 0.5) is 0 Å². The smallest absolute Gasteiger partial charge is 0.184 e. The molecule has 0 aliphatic rings. The van der Waals surface area contributed by atoms with Gasteiger partial charge in [-0.1, -0.05) is 23.2 Å². The molecule has 0 saturated heterocycles. The summed E-state index contributed by atoms with van der Waals surface area (Å²) in [6.45, 7) is 0.268. The molecular weight excluding hydrogens is 295 g/mol. The fourth-order valence-corrected chi connectivity index (χ4v) is 2.82. The summed E-state index contributed by atoms with van der Waals surface area (Å²) in [6, 6.07) is 7.23. The van der Waals surface area contributed by atoms with Crippen molar-refractivity contribution in [2.24, 2.45) is 7.05 Å². The highest BCUT2D eigenvalue weighted by Crippen LogP contribution is 2.28. The zero-order valence-electron chi connectivity index (χ0n) is 10.8. The molecule has 1 aromatic carbocycles. The minimum atomic E-state index is 0.0548. The van der Waals surface area contributed by atoms with E-state index in [1.807, 2.05) is 53.0 Å². The average molecular weight is 307 g/mol. The van der Waals surface area contributed by atoms with Gasteiger partial charge < -0.3 is 9.13 Å². The molecule has 0 spiro atoms. The number of hydrogen-bond acceptors (Lipinski definition) is 1. The van der Waals surface area contributed by atoms with Gasteiger partial charge in [0.1, 0.15) is 0 Å². The highest BCUT2D eigenvalue weighted by Gasteiger charge is 2.11. The zero-order valence-corrected chi connectivity index (χ0v) is 12.3. The summed E-state index contributed by atoms with van der Waals surface area (Å²) in [5, 5.41) is 2.06. The van der Waals surface area contributed by atoms with Crippen LogP contribution in [-0.4, -0.2) is 14.9 Å². The fourth-order valence-electron chi connectivity index (χ4n) is 2.27. The largest absolute Gasteiger partial charge is 0.357 e. The van der Waals surface area contributed by atoms with Gasteiger partial charge in [-0.15, -0.1) is 0 Å². The molecule has 2 aromatic heterocycles. The van der Waals surface area contributed by atoms with Gasteiger partial charge in [0.15, 0.2) is 5.78 Å². The molecule has 0 atom stereocenters. The Hall–Kier alpha value is -1.71. The van der Waals surface area contributed by atoms with E-state index >= 15 is 0 Å². The number of benzene rings is 1. The van der Waals surface area contributed by atoms with E-state index in [9.17, 15) is 4.79 Å². The minimum Gasteiger partial charge on any atom is -0.357 e. The third kappa shape index (κ3) is 2.35. The van der Waals surface area contributed by atoms with Crippen molar-refractivity contribution in [1.82, 2.24) is 9.13 Å². The topological polar surface area (TPSA) is 26.9 Å². The Kier molecular flexibility index (Phi) is 3.32. The molecule has 5 heteroatoms. The SMILES string of the molecule is Cn1ccc(C(=O)Cn2ccc3c(Cl)cc(Cl)cc32)c1.